The van der Waals surface area contributed by atoms with Gasteiger partial charge in [-0.25, -0.2) is 4.98 Å². The number of para-hydroxylation sites is 1. The highest BCUT2D eigenvalue weighted by Gasteiger charge is 2.20. The molecule has 2 heterocycles. The van der Waals surface area contributed by atoms with Gasteiger partial charge in [-0.2, -0.15) is 0 Å². The number of rotatable bonds is 12. The van der Waals surface area contributed by atoms with Crippen molar-refractivity contribution in [1.29, 1.82) is 0 Å². The number of nitrogens with zero attached hydrogens (tertiary/aromatic N) is 4. The molecule has 0 aliphatic carbocycles. The summed E-state index contributed by atoms with van der Waals surface area (Å²) in [7, 11) is 1.68. The van der Waals surface area contributed by atoms with Crippen molar-refractivity contribution < 1.29 is 9.53 Å². The normalized spacial score (nSPS) is 11.9. The van der Waals surface area contributed by atoms with Gasteiger partial charge in [0.2, 0.25) is 0 Å². The average Bonchev–Trinajstić information content (AvgIpc) is 3.10. The molecule has 0 radical (unpaired) electrons. The van der Waals surface area contributed by atoms with Gasteiger partial charge in [0.15, 0.2) is 10.9 Å². The molecule has 0 aliphatic heterocycles. The first kappa shape index (κ1) is 27.2. The van der Waals surface area contributed by atoms with Gasteiger partial charge in [-0.15, -0.1) is 0 Å². The number of Topliss-reactive ketones (excluding diaryl/α,β-unsaturated/α-hetero) is 1. The molecule has 0 bridgehead atoms. The molecule has 0 saturated carbocycles. The van der Waals surface area contributed by atoms with Gasteiger partial charge in [-0.05, 0) is 59.7 Å². The minimum absolute atomic E-state index is 0.0340. The number of carbonyl (C=O) groups is 1. The van der Waals surface area contributed by atoms with E-state index in [9.17, 15) is 9.59 Å². The Balaban J connectivity index is 1.88. The number of methoxy groups -OCH3 is 1. The maximum Gasteiger partial charge on any atom is 0.262 e. The summed E-state index contributed by atoms with van der Waals surface area (Å²) < 4.78 is 9.05. The fraction of sp³-hybridized carbons (Fsp3) is 0.519. The molecule has 0 atom stereocenters. The van der Waals surface area contributed by atoms with E-state index >= 15 is 0 Å². The van der Waals surface area contributed by atoms with E-state index in [0.29, 0.717) is 53.4 Å². The zero-order valence-corrected chi connectivity index (χ0v) is 22.8. The fourth-order valence-electron chi connectivity index (χ4n) is 4.60. The largest absolute Gasteiger partial charge is 0.383 e. The van der Waals surface area contributed by atoms with Gasteiger partial charge in [0.1, 0.15) is 0 Å². The second kappa shape index (κ2) is 12.0. The van der Waals surface area contributed by atoms with Crippen LogP contribution in [0.15, 0.2) is 40.3 Å². The van der Waals surface area contributed by atoms with Gasteiger partial charge < -0.3 is 9.30 Å². The third kappa shape index (κ3) is 6.23. The highest BCUT2D eigenvalue weighted by molar-refractivity contribution is 7.99. The molecule has 3 aromatic rings. The average molecular weight is 499 g/mol. The van der Waals surface area contributed by atoms with Gasteiger partial charge >= 0.3 is 0 Å². The number of hydrogen-bond donors (Lipinski definition) is 0. The number of aryl methyl sites for hydroxylation is 1. The molecule has 190 valence electrons. The zero-order chi connectivity index (χ0) is 25.7. The molecule has 0 saturated heterocycles. The first-order valence-electron chi connectivity index (χ1n) is 12.2. The number of ketones is 1. The molecule has 8 heteroatoms. The molecule has 0 unspecified atom stereocenters. The number of fused-ring (bicyclic) bond motifs is 1. The lowest BCUT2D eigenvalue weighted by atomic mass is 10.2. The van der Waals surface area contributed by atoms with Crippen molar-refractivity contribution in [3.05, 3.63) is 57.6 Å². The van der Waals surface area contributed by atoms with Crippen LogP contribution in [0.25, 0.3) is 10.9 Å². The first-order valence-corrected chi connectivity index (χ1v) is 13.2. The van der Waals surface area contributed by atoms with Gasteiger partial charge in [0.25, 0.3) is 5.56 Å². The van der Waals surface area contributed by atoms with E-state index in [1.54, 1.807) is 11.7 Å². The molecular formula is C27H38N4O3S. The minimum atomic E-state index is -0.0595. The van der Waals surface area contributed by atoms with E-state index in [1.165, 1.54) is 11.8 Å². The minimum Gasteiger partial charge on any atom is -0.383 e. The Kier molecular flexibility index (Phi) is 9.33. The van der Waals surface area contributed by atoms with E-state index in [2.05, 4.69) is 37.2 Å². The lowest BCUT2D eigenvalue weighted by molar-refractivity contribution is 0.102. The second-order valence-electron chi connectivity index (χ2n) is 9.43. The van der Waals surface area contributed by atoms with Gasteiger partial charge in [0, 0.05) is 55.8 Å². The SMILES string of the molecule is COCCn1c(C)cc(C(=O)CSc2nc3ccccc3c(=O)n2CCN(C(C)C)C(C)C)c1C. The van der Waals surface area contributed by atoms with Crippen molar-refractivity contribution in [1.82, 2.24) is 19.0 Å². The van der Waals surface area contributed by atoms with Crippen LogP contribution in [-0.4, -0.2) is 62.9 Å². The lowest BCUT2D eigenvalue weighted by Crippen LogP contribution is -2.40. The maximum atomic E-state index is 13.4. The van der Waals surface area contributed by atoms with Crippen LogP contribution >= 0.6 is 11.8 Å². The van der Waals surface area contributed by atoms with E-state index in [1.807, 2.05) is 44.2 Å². The van der Waals surface area contributed by atoms with Gasteiger partial charge in [0.05, 0.1) is 23.3 Å². The molecule has 2 aromatic heterocycles. The Hall–Kier alpha value is -2.42. The van der Waals surface area contributed by atoms with Crippen molar-refractivity contribution in [3.8, 4) is 0 Å². The Morgan fingerprint density at radius 1 is 1.09 bits per heavy atom. The standard InChI is InChI=1S/C27H38N4O3S/c1-18(2)29(19(3)4)12-13-31-26(33)22-10-8-9-11-24(22)28-27(31)35-17-25(32)23-16-20(5)30(21(23)6)14-15-34-7/h8-11,16,18-19H,12-15,17H2,1-7H3. The summed E-state index contributed by atoms with van der Waals surface area (Å²) in [6.45, 7) is 15.2. The summed E-state index contributed by atoms with van der Waals surface area (Å²) in [6.07, 6.45) is 0. The first-order chi connectivity index (χ1) is 16.6. The van der Waals surface area contributed by atoms with Crippen molar-refractivity contribution >= 4 is 28.4 Å². The third-order valence-electron chi connectivity index (χ3n) is 6.46. The van der Waals surface area contributed by atoms with Crippen LogP contribution in [0.1, 0.15) is 49.4 Å². The highest BCUT2D eigenvalue weighted by Crippen LogP contribution is 2.22. The maximum absolute atomic E-state index is 13.4. The van der Waals surface area contributed by atoms with Crippen LogP contribution in [0, 0.1) is 13.8 Å². The second-order valence-corrected chi connectivity index (χ2v) is 10.4. The predicted octanol–water partition coefficient (Wildman–Crippen LogP) is 4.56. The Morgan fingerprint density at radius 3 is 2.43 bits per heavy atom. The monoisotopic (exact) mass is 498 g/mol. The molecule has 3 rings (SSSR count). The van der Waals surface area contributed by atoms with E-state index < -0.39 is 0 Å². The van der Waals surface area contributed by atoms with Gasteiger partial charge in [-0.3, -0.25) is 19.1 Å². The molecule has 1 aromatic carbocycles. The highest BCUT2D eigenvalue weighted by atomic mass is 32.2. The van der Waals surface area contributed by atoms with Crippen LogP contribution < -0.4 is 5.56 Å². The Labute approximate surface area is 212 Å². The van der Waals surface area contributed by atoms with Crippen LogP contribution in [0.3, 0.4) is 0 Å². The molecule has 0 fully saturated rings. The molecule has 0 spiro atoms. The van der Waals surface area contributed by atoms with Crippen molar-refractivity contribution in [2.45, 2.75) is 71.9 Å². The van der Waals surface area contributed by atoms with Crippen LogP contribution in [-0.2, 0) is 17.8 Å². The molecule has 0 amide bonds. The third-order valence-corrected chi connectivity index (χ3v) is 7.44. The number of hydrogen-bond acceptors (Lipinski definition) is 6. The summed E-state index contributed by atoms with van der Waals surface area (Å²) in [6, 6.07) is 10.1. The Morgan fingerprint density at radius 2 is 1.77 bits per heavy atom. The molecule has 0 N–H and O–H groups in total. The molecular weight excluding hydrogens is 460 g/mol. The number of ether oxygens (including phenoxy) is 1. The van der Waals surface area contributed by atoms with Crippen LogP contribution in [0.2, 0.25) is 0 Å². The predicted molar refractivity (Wildman–Crippen MR) is 144 cm³/mol. The summed E-state index contributed by atoms with van der Waals surface area (Å²) in [5, 5.41) is 1.19. The van der Waals surface area contributed by atoms with Crippen LogP contribution in [0.4, 0.5) is 0 Å². The number of carbonyl (C=O) groups excluding carboxylic acids is 1. The lowest BCUT2D eigenvalue weighted by Gasteiger charge is -2.30. The van der Waals surface area contributed by atoms with Crippen LogP contribution in [0.5, 0.6) is 0 Å². The fourth-order valence-corrected chi connectivity index (χ4v) is 5.51. The van der Waals surface area contributed by atoms with Crippen molar-refractivity contribution in [2.75, 3.05) is 26.0 Å². The Bertz CT molecular complexity index is 1220. The van der Waals surface area contributed by atoms with E-state index in [-0.39, 0.29) is 17.1 Å². The van der Waals surface area contributed by atoms with Gasteiger partial charge in [-0.1, -0.05) is 23.9 Å². The van der Waals surface area contributed by atoms with E-state index in [0.717, 1.165) is 17.9 Å². The number of aromatic nitrogens is 3. The topological polar surface area (TPSA) is 69.4 Å². The summed E-state index contributed by atoms with van der Waals surface area (Å²) in [5.41, 5.74) is 3.29. The summed E-state index contributed by atoms with van der Waals surface area (Å²) in [4.78, 5) is 33.7. The zero-order valence-electron chi connectivity index (χ0n) is 22.0. The van der Waals surface area contributed by atoms with Crippen molar-refractivity contribution in [2.24, 2.45) is 0 Å². The van der Waals surface area contributed by atoms with Crippen molar-refractivity contribution in [3.63, 3.8) is 0 Å². The number of thioether (sulfide) groups is 1. The molecule has 35 heavy (non-hydrogen) atoms. The van der Waals surface area contributed by atoms with E-state index in [4.69, 9.17) is 9.72 Å². The number of benzene rings is 1. The summed E-state index contributed by atoms with van der Waals surface area (Å²) in [5.74, 6) is 0.254. The molecule has 7 nitrogen and oxygen atoms in total. The quantitative estimate of drug-likeness (QED) is 0.207. The molecule has 0 aliphatic rings. The smallest absolute Gasteiger partial charge is 0.262 e. The summed E-state index contributed by atoms with van der Waals surface area (Å²) >= 11 is 1.34.